The molecule has 0 amide bonds. The van der Waals surface area contributed by atoms with E-state index in [0.29, 0.717) is 5.56 Å². The van der Waals surface area contributed by atoms with E-state index in [2.05, 4.69) is 11.3 Å². The number of phenolic OH excluding ortho intramolecular Hbond substituents is 1. The van der Waals surface area contributed by atoms with Crippen molar-refractivity contribution in [3.63, 3.8) is 0 Å². The first-order valence-electron chi connectivity index (χ1n) is 4.41. The van der Waals surface area contributed by atoms with Gasteiger partial charge in [0.05, 0.1) is 0 Å². The Bertz CT molecular complexity index is 346. The molecule has 4 nitrogen and oxygen atoms in total. The molecule has 0 aromatic heterocycles. The molecule has 1 aromatic rings. The Balaban J connectivity index is 2.40. The first-order chi connectivity index (χ1) is 7.24. The summed E-state index contributed by atoms with van der Waals surface area (Å²) >= 11 is 0. The Hall–Kier alpha value is -1.97. The zero-order valence-corrected chi connectivity index (χ0v) is 8.18. The highest BCUT2D eigenvalue weighted by Crippen LogP contribution is 2.16. The lowest BCUT2D eigenvalue weighted by Crippen LogP contribution is -2.07. The number of hydrogen-bond acceptors (Lipinski definition) is 4. The molecule has 15 heavy (non-hydrogen) atoms. The molecule has 0 fully saturated rings. The fourth-order valence-electron chi connectivity index (χ4n) is 0.938. The van der Waals surface area contributed by atoms with Gasteiger partial charge in [-0.15, -0.1) is 0 Å². The van der Waals surface area contributed by atoms with Crippen LogP contribution in [0.15, 0.2) is 36.9 Å². The molecule has 0 aliphatic rings. The van der Waals surface area contributed by atoms with Crippen LogP contribution in [0.5, 0.6) is 5.75 Å². The molecule has 0 heterocycles. The van der Waals surface area contributed by atoms with Crippen LogP contribution < -0.4 is 0 Å². The summed E-state index contributed by atoms with van der Waals surface area (Å²) in [7, 11) is 0. The zero-order chi connectivity index (χ0) is 11.1. The standard InChI is InChI=1S/C11H12O4/c1-2-7-14-11(13)15-8-9-5-3-4-6-10(9)12/h2-6,12H,1,7-8H2. The van der Waals surface area contributed by atoms with E-state index in [-0.39, 0.29) is 19.0 Å². The van der Waals surface area contributed by atoms with Crippen LogP contribution in [-0.2, 0) is 16.1 Å². The summed E-state index contributed by atoms with van der Waals surface area (Å²) in [6, 6.07) is 6.62. The third-order valence-electron chi connectivity index (χ3n) is 1.66. The number of carbonyl (C=O) groups excluding carboxylic acids is 1. The summed E-state index contributed by atoms with van der Waals surface area (Å²) in [5.74, 6) is 0.0917. The fraction of sp³-hybridized carbons (Fsp3) is 0.182. The van der Waals surface area contributed by atoms with Crippen molar-refractivity contribution in [2.75, 3.05) is 6.61 Å². The number of carbonyl (C=O) groups is 1. The van der Waals surface area contributed by atoms with Crippen LogP contribution in [0.4, 0.5) is 4.79 Å². The van der Waals surface area contributed by atoms with E-state index in [1.54, 1.807) is 18.2 Å². The first-order valence-corrected chi connectivity index (χ1v) is 4.41. The van der Waals surface area contributed by atoms with Crippen molar-refractivity contribution in [1.82, 2.24) is 0 Å². The minimum Gasteiger partial charge on any atom is -0.508 e. The summed E-state index contributed by atoms with van der Waals surface area (Å²) < 4.78 is 9.33. The van der Waals surface area contributed by atoms with Gasteiger partial charge in [0.15, 0.2) is 0 Å². The van der Waals surface area contributed by atoms with Gasteiger partial charge in [-0.05, 0) is 6.07 Å². The van der Waals surface area contributed by atoms with Crippen molar-refractivity contribution in [2.45, 2.75) is 6.61 Å². The average Bonchev–Trinajstić information content (AvgIpc) is 2.25. The molecule has 0 bridgehead atoms. The Labute approximate surface area is 87.7 Å². The number of ether oxygens (including phenoxy) is 2. The molecule has 0 saturated heterocycles. The topological polar surface area (TPSA) is 55.8 Å². The second kappa shape index (κ2) is 5.70. The van der Waals surface area contributed by atoms with Crippen molar-refractivity contribution < 1.29 is 19.4 Å². The summed E-state index contributed by atoms with van der Waals surface area (Å²) in [6.45, 7) is 3.49. The number of benzene rings is 1. The molecule has 0 aliphatic heterocycles. The SMILES string of the molecule is C=CCOC(=O)OCc1ccccc1O. The van der Waals surface area contributed by atoms with E-state index < -0.39 is 6.16 Å². The van der Waals surface area contributed by atoms with Gasteiger partial charge in [-0.25, -0.2) is 4.79 Å². The van der Waals surface area contributed by atoms with Crippen LogP contribution in [-0.4, -0.2) is 17.9 Å². The van der Waals surface area contributed by atoms with E-state index >= 15 is 0 Å². The lowest BCUT2D eigenvalue weighted by Gasteiger charge is -2.05. The Morgan fingerprint density at radius 3 is 2.80 bits per heavy atom. The lowest BCUT2D eigenvalue weighted by atomic mass is 10.2. The minimum absolute atomic E-state index is 0.0113. The highest BCUT2D eigenvalue weighted by Gasteiger charge is 2.05. The van der Waals surface area contributed by atoms with E-state index in [9.17, 15) is 9.90 Å². The average molecular weight is 208 g/mol. The third kappa shape index (κ3) is 3.72. The smallest absolute Gasteiger partial charge is 0.508 e. The Morgan fingerprint density at radius 1 is 1.40 bits per heavy atom. The maximum absolute atomic E-state index is 10.9. The van der Waals surface area contributed by atoms with Gasteiger partial charge in [-0.2, -0.15) is 0 Å². The van der Waals surface area contributed by atoms with Crippen LogP contribution in [0.3, 0.4) is 0 Å². The third-order valence-corrected chi connectivity index (χ3v) is 1.66. The number of phenols is 1. The number of aromatic hydroxyl groups is 1. The van der Waals surface area contributed by atoms with Crippen molar-refractivity contribution >= 4 is 6.16 Å². The number of rotatable bonds is 4. The van der Waals surface area contributed by atoms with Gasteiger partial charge in [-0.1, -0.05) is 30.9 Å². The number of para-hydroxylation sites is 1. The van der Waals surface area contributed by atoms with Crippen LogP contribution in [0.1, 0.15) is 5.56 Å². The molecule has 1 aromatic carbocycles. The quantitative estimate of drug-likeness (QED) is 0.609. The van der Waals surface area contributed by atoms with Gasteiger partial charge in [0, 0.05) is 5.56 Å². The molecule has 0 spiro atoms. The highest BCUT2D eigenvalue weighted by molar-refractivity contribution is 5.60. The van der Waals surface area contributed by atoms with Crippen LogP contribution >= 0.6 is 0 Å². The molecule has 0 radical (unpaired) electrons. The molecule has 1 rings (SSSR count). The van der Waals surface area contributed by atoms with E-state index in [0.717, 1.165) is 0 Å². The van der Waals surface area contributed by atoms with Gasteiger partial charge in [0.1, 0.15) is 19.0 Å². The Morgan fingerprint density at radius 2 is 2.13 bits per heavy atom. The van der Waals surface area contributed by atoms with Crippen molar-refractivity contribution in [3.05, 3.63) is 42.5 Å². The first kappa shape index (κ1) is 11.1. The summed E-state index contributed by atoms with van der Waals surface area (Å²) in [5.41, 5.74) is 0.535. The summed E-state index contributed by atoms with van der Waals surface area (Å²) in [6.07, 6.45) is 0.666. The highest BCUT2D eigenvalue weighted by atomic mass is 16.7. The van der Waals surface area contributed by atoms with Gasteiger partial charge in [0.25, 0.3) is 0 Å². The second-order valence-corrected chi connectivity index (χ2v) is 2.77. The molecule has 4 heteroatoms. The van der Waals surface area contributed by atoms with Crippen molar-refractivity contribution in [1.29, 1.82) is 0 Å². The van der Waals surface area contributed by atoms with Crippen LogP contribution in [0.2, 0.25) is 0 Å². The summed E-state index contributed by atoms with van der Waals surface area (Å²) in [4.78, 5) is 10.9. The van der Waals surface area contributed by atoms with Gasteiger partial charge < -0.3 is 14.6 Å². The Kier molecular flexibility index (Phi) is 4.22. The van der Waals surface area contributed by atoms with Crippen LogP contribution in [0.25, 0.3) is 0 Å². The maximum Gasteiger partial charge on any atom is 0.508 e. The van der Waals surface area contributed by atoms with E-state index in [4.69, 9.17) is 4.74 Å². The lowest BCUT2D eigenvalue weighted by molar-refractivity contribution is 0.0572. The molecule has 0 unspecified atom stereocenters. The number of hydrogen-bond donors (Lipinski definition) is 1. The predicted octanol–water partition coefficient (Wildman–Crippen LogP) is 2.23. The van der Waals surface area contributed by atoms with E-state index in [1.807, 2.05) is 0 Å². The molecule has 0 saturated carbocycles. The largest absolute Gasteiger partial charge is 0.508 e. The summed E-state index contributed by atoms with van der Waals surface area (Å²) in [5, 5.41) is 9.35. The normalized spacial score (nSPS) is 9.33. The molecular weight excluding hydrogens is 196 g/mol. The van der Waals surface area contributed by atoms with Gasteiger partial charge in [0.2, 0.25) is 0 Å². The monoisotopic (exact) mass is 208 g/mol. The van der Waals surface area contributed by atoms with E-state index in [1.165, 1.54) is 12.1 Å². The zero-order valence-electron chi connectivity index (χ0n) is 8.18. The molecule has 0 aliphatic carbocycles. The maximum atomic E-state index is 10.9. The molecular formula is C11H12O4. The fourth-order valence-corrected chi connectivity index (χ4v) is 0.938. The molecule has 80 valence electrons. The second-order valence-electron chi connectivity index (χ2n) is 2.77. The molecule has 1 N–H and O–H groups in total. The van der Waals surface area contributed by atoms with Gasteiger partial charge >= 0.3 is 6.16 Å². The molecule has 0 atom stereocenters. The minimum atomic E-state index is -0.779. The van der Waals surface area contributed by atoms with Crippen molar-refractivity contribution in [2.24, 2.45) is 0 Å². The van der Waals surface area contributed by atoms with Gasteiger partial charge in [-0.3, -0.25) is 0 Å². The predicted molar refractivity (Wildman–Crippen MR) is 54.4 cm³/mol. The van der Waals surface area contributed by atoms with Crippen molar-refractivity contribution in [3.8, 4) is 5.75 Å². The van der Waals surface area contributed by atoms with Crippen LogP contribution in [0, 0.1) is 0 Å².